The Morgan fingerprint density at radius 3 is 1.36 bits per heavy atom. The topological polar surface area (TPSA) is 330 Å². The number of allylic oxidation sites excluding steroid dienone is 2. The molecule has 0 radical (unpaired) electrons. The standard InChI is InChI=1S/C68H124N12O15/c1-25-26-27-45(13)58(83)57-63(88)73-55(48(16)81)67(92)74(17)38-54(82)75(18)51(34-41(6)7)61(86)71-49(32-39(2)3)65(90)77(20)52(35-42(8)9)60(85)69-46(14)59(84)70-47(15)64(89)76(19)53(36-44(12)37-80(28-30-94-23)29-31-95-24)62(87)72-50(33-40(4)5)66(91)78(21)56(43(10)11)68(93)79(57)22/h25-26,39-53,55-58,81,83H,27-38H2,1-24H3,(H,69,85)(H,70,84)(H,71,86)(H,72,87)(H,73,88)/b26-25+/t44-,45+,46-,47+,48?,49-,50-,51-,52-,53-,55-,56-,57-,58+/m0/s1. The number of nitrogens with zero attached hydrogens (tertiary/aromatic N) is 7. The van der Waals surface area contributed by atoms with Crippen LogP contribution in [0.1, 0.15) is 149 Å². The van der Waals surface area contributed by atoms with Gasteiger partial charge < -0.3 is 75.7 Å². The molecule has 1 aliphatic heterocycles. The summed E-state index contributed by atoms with van der Waals surface area (Å²) in [4.78, 5) is 171. The van der Waals surface area contributed by atoms with Crippen molar-refractivity contribution in [3.63, 3.8) is 0 Å². The molecule has 14 atom stereocenters. The van der Waals surface area contributed by atoms with E-state index in [1.54, 1.807) is 54.1 Å². The SMILES string of the molecule is C/C=C/C[C@@H](C)[C@@H](O)[C@H]1C(=O)N[C@@H](C(C)O)C(=O)N(C)CC(=O)N(C)[C@@H](CC(C)C)C(=O)N[C@@H](CC(C)C)C(=O)N(C)[C@@H](CC(C)C)C(=O)N[C@@H](C)C(=O)N[C@H](C)C(=O)N(C)[C@@H](C[C@H](C)CN(CCOC)CCOC)C(=O)N[C@@H](CC(C)C)C(=O)N(C)[C@@H](C(C)C)C(=O)N1C. The molecule has 11 amide bonds. The fourth-order valence-electron chi connectivity index (χ4n) is 11.8. The first-order chi connectivity index (χ1) is 44.1. The zero-order valence-corrected chi connectivity index (χ0v) is 61.9. The van der Waals surface area contributed by atoms with Crippen molar-refractivity contribution in [3.05, 3.63) is 12.2 Å². The van der Waals surface area contributed by atoms with Gasteiger partial charge in [-0.05, 0) is 108 Å². The van der Waals surface area contributed by atoms with E-state index >= 15 is 14.4 Å². The molecule has 1 aliphatic rings. The summed E-state index contributed by atoms with van der Waals surface area (Å²) in [6, 6.07) is -13.6. The zero-order valence-electron chi connectivity index (χ0n) is 61.9. The van der Waals surface area contributed by atoms with Gasteiger partial charge in [0.05, 0.1) is 32.0 Å². The highest BCUT2D eigenvalue weighted by Gasteiger charge is 2.45. The Labute approximate surface area is 567 Å². The van der Waals surface area contributed by atoms with Gasteiger partial charge >= 0.3 is 0 Å². The van der Waals surface area contributed by atoms with Crippen LogP contribution in [-0.2, 0) is 62.2 Å². The predicted octanol–water partition coefficient (Wildman–Crippen LogP) is 1.86. The third-order valence-corrected chi connectivity index (χ3v) is 17.5. The van der Waals surface area contributed by atoms with Crippen LogP contribution in [0.5, 0.6) is 0 Å². The molecule has 1 saturated heterocycles. The maximum atomic E-state index is 15.3. The minimum atomic E-state index is -1.76. The summed E-state index contributed by atoms with van der Waals surface area (Å²) in [6.07, 6.45) is 1.01. The Balaban J connectivity index is 4.47. The molecular weight excluding hydrogens is 1220 g/mol. The van der Waals surface area contributed by atoms with Gasteiger partial charge in [-0.1, -0.05) is 95.2 Å². The van der Waals surface area contributed by atoms with Gasteiger partial charge in [-0.25, -0.2) is 0 Å². The summed E-state index contributed by atoms with van der Waals surface area (Å²) < 4.78 is 10.8. The first-order valence-corrected chi connectivity index (χ1v) is 33.9. The van der Waals surface area contributed by atoms with E-state index in [0.29, 0.717) is 32.8 Å². The number of hydrogen-bond acceptors (Lipinski definition) is 16. The highest BCUT2D eigenvalue weighted by Crippen LogP contribution is 2.25. The van der Waals surface area contributed by atoms with E-state index in [0.717, 1.165) is 14.7 Å². The molecule has 0 aromatic carbocycles. The van der Waals surface area contributed by atoms with Crippen LogP contribution in [0.4, 0.5) is 0 Å². The monoisotopic (exact) mass is 1350 g/mol. The van der Waals surface area contributed by atoms with E-state index in [-0.39, 0.29) is 68.1 Å². The van der Waals surface area contributed by atoms with Crippen LogP contribution in [0.15, 0.2) is 12.2 Å². The summed E-state index contributed by atoms with van der Waals surface area (Å²) in [7, 11) is 11.3. The molecule has 0 bridgehead atoms. The van der Waals surface area contributed by atoms with E-state index in [4.69, 9.17) is 9.47 Å². The second-order valence-corrected chi connectivity index (χ2v) is 28.4. The van der Waals surface area contributed by atoms with Crippen molar-refractivity contribution in [2.75, 3.05) is 95.9 Å². The lowest BCUT2D eigenvalue weighted by molar-refractivity contribution is -0.155. The molecule has 0 aromatic heterocycles. The number of aliphatic hydroxyl groups is 2. The molecule has 1 heterocycles. The fourth-order valence-corrected chi connectivity index (χ4v) is 11.8. The molecule has 95 heavy (non-hydrogen) atoms. The number of hydrogen-bond donors (Lipinski definition) is 7. The molecule has 0 aromatic rings. The van der Waals surface area contributed by atoms with Crippen LogP contribution in [-0.4, -0.2) is 278 Å². The van der Waals surface area contributed by atoms with Crippen LogP contribution < -0.4 is 26.6 Å². The number of carbonyl (C=O) groups excluding carboxylic acids is 11. The second kappa shape index (κ2) is 41.7. The molecule has 27 heteroatoms. The van der Waals surface area contributed by atoms with Gasteiger partial charge in [0.1, 0.15) is 60.4 Å². The zero-order chi connectivity index (χ0) is 73.2. The van der Waals surface area contributed by atoms with Crippen molar-refractivity contribution in [2.45, 2.75) is 222 Å². The number of aliphatic hydroxyl groups excluding tert-OH is 2. The third-order valence-electron chi connectivity index (χ3n) is 17.5. The number of likely N-dealkylation sites (N-methyl/N-ethyl adjacent to an activating group) is 6. The first kappa shape index (κ1) is 86.7. The average Bonchev–Trinajstić information content (AvgIpc) is 0.812. The van der Waals surface area contributed by atoms with Crippen molar-refractivity contribution in [2.24, 2.45) is 41.4 Å². The summed E-state index contributed by atoms with van der Waals surface area (Å²) in [5.41, 5.74) is 0. The number of amides is 11. The predicted molar refractivity (Wildman–Crippen MR) is 364 cm³/mol. The van der Waals surface area contributed by atoms with E-state index in [9.17, 15) is 48.6 Å². The summed E-state index contributed by atoms with van der Waals surface area (Å²) in [5.74, 6) is -10.8. The summed E-state index contributed by atoms with van der Waals surface area (Å²) in [6.45, 7) is 29.2. The lowest BCUT2D eigenvalue weighted by Gasteiger charge is -2.40. The van der Waals surface area contributed by atoms with Gasteiger partial charge in [-0.2, -0.15) is 0 Å². The normalized spacial score (nSPS) is 25.9. The summed E-state index contributed by atoms with van der Waals surface area (Å²) in [5, 5.41) is 37.2. The van der Waals surface area contributed by atoms with E-state index in [1.165, 1.54) is 77.8 Å². The van der Waals surface area contributed by atoms with Crippen molar-refractivity contribution in [3.8, 4) is 0 Å². The maximum Gasteiger partial charge on any atom is 0.248 e. The maximum absolute atomic E-state index is 15.3. The molecule has 546 valence electrons. The minimum absolute atomic E-state index is 0.0585. The number of nitrogens with one attached hydrogen (secondary N) is 5. The molecule has 0 spiro atoms. The Morgan fingerprint density at radius 1 is 0.495 bits per heavy atom. The van der Waals surface area contributed by atoms with E-state index in [1.807, 2.05) is 62.3 Å². The van der Waals surface area contributed by atoms with Crippen molar-refractivity contribution < 1.29 is 72.4 Å². The van der Waals surface area contributed by atoms with Crippen molar-refractivity contribution in [1.29, 1.82) is 0 Å². The highest BCUT2D eigenvalue weighted by atomic mass is 16.5. The van der Waals surface area contributed by atoms with Gasteiger partial charge in [0.2, 0.25) is 65.0 Å². The molecule has 1 unspecified atom stereocenters. The number of methoxy groups -OCH3 is 2. The molecule has 0 aliphatic carbocycles. The highest BCUT2D eigenvalue weighted by molar-refractivity contribution is 5.99. The molecule has 0 saturated carbocycles. The van der Waals surface area contributed by atoms with Gasteiger partial charge in [-0.15, -0.1) is 0 Å². The van der Waals surface area contributed by atoms with Crippen LogP contribution in [0.25, 0.3) is 0 Å². The molecule has 1 fully saturated rings. The largest absolute Gasteiger partial charge is 0.391 e. The Morgan fingerprint density at radius 2 is 0.916 bits per heavy atom. The average molecular weight is 1350 g/mol. The lowest BCUT2D eigenvalue weighted by Crippen LogP contribution is -2.64. The quantitative estimate of drug-likeness (QED) is 0.0679. The molecular formula is C68H124N12O15. The van der Waals surface area contributed by atoms with E-state index in [2.05, 4.69) is 31.5 Å². The number of rotatable bonds is 24. The van der Waals surface area contributed by atoms with Crippen LogP contribution >= 0.6 is 0 Å². The van der Waals surface area contributed by atoms with E-state index < -0.39 is 156 Å². The molecule has 7 N–H and O–H groups in total. The summed E-state index contributed by atoms with van der Waals surface area (Å²) >= 11 is 0. The van der Waals surface area contributed by atoms with Crippen LogP contribution in [0.3, 0.4) is 0 Å². The van der Waals surface area contributed by atoms with Gasteiger partial charge in [0.25, 0.3) is 0 Å². The van der Waals surface area contributed by atoms with Crippen molar-refractivity contribution >= 4 is 65.0 Å². The lowest BCUT2D eigenvalue weighted by atomic mass is 9.91. The third kappa shape index (κ3) is 27.3. The van der Waals surface area contributed by atoms with Crippen LogP contribution in [0, 0.1) is 41.4 Å². The van der Waals surface area contributed by atoms with Crippen molar-refractivity contribution in [1.82, 2.24) is 60.9 Å². The second-order valence-electron chi connectivity index (χ2n) is 28.4. The smallest absolute Gasteiger partial charge is 0.248 e. The van der Waals surface area contributed by atoms with Gasteiger partial charge in [0.15, 0.2) is 0 Å². The van der Waals surface area contributed by atoms with Gasteiger partial charge in [0, 0.05) is 76.1 Å². The molecule has 27 nitrogen and oxygen atoms in total. The first-order valence-electron chi connectivity index (χ1n) is 33.9. The number of ether oxygens (including phenoxy) is 2. The fraction of sp³-hybridized carbons (Fsp3) is 0.809. The van der Waals surface area contributed by atoms with Gasteiger partial charge in [-0.3, -0.25) is 57.6 Å². The molecule has 1 rings (SSSR count). The minimum Gasteiger partial charge on any atom is -0.391 e. The Hall–Kier alpha value is -6.29. The Kier molecular flexibility index (Phi) is 38.1. The van der Waals surface area contributed by atoms with Crippen LogP contribution in [0.2, 0.25) is 0 Å². The number of carbonyl (C=O) groups is 11. The Bertz CT molecular complexity index is 2520.